The van der Waals surface area contributed by atoms with Crippen molar-refractivity contribution in [2.45, 2.75) is 25.8 Å². The number of nitrogens with one attached hydrogen (secondary N) is 1. The van der Waals surface area contributed by atoms with Crippen LogP contribution < -0.4 is 5.32 Å². The fourth-order valence-electron chi connectivity index (χ4n) is 3.02. The van der Waals surface area contributed by atoms with Crippen LogP contribution in [0.1, 0.15) is 31.4 Å². The molecule has 1 heterocycles. The van der Waals surface area contributed by atoms with E-state index in [0.29, 0.717) is 44.8 Å². The summed E-state index contributed by atoms with van der Waals surface area (Å²) in [5.41, 5.74) is 0.657. The third-order valence-corrected chi connectivity index (χ3v) is 4.50. The van der Waals surface area contributed by atoms with Crippen LogP contribution >= 0.6 is 0 Å². The minimum absolute atomic E-state index is 0.116. The Balaban J connectivity index is 2.11. The van der Waals surface area contributed by atoms with E-state index in [4.69, 9.17) is 9.84 Å². The van der Waals surface area contributed by atoms with E-state index in [1.165, 1.54) is 12.1 Å². The number of carbonyl (C=O) groups is 1. The van der Waals surface area contributed by atoms with E-state index in [1.54, 1.807) is 12.1 Å². The quantitative estimate of drug-likeness (QED) is 0.758. The highest BCUT2D eigenvalue weighted by Crippen LogP contribution is 2.23. The van der Waals surface area contributed by atoms with E-state index in [0.717, 1.165) is 6.42 Å². The summed E-state index contributed by atoms with van der Waals surface area (Å²) in [6.07, 6.45) is 1.56. The highest BCUT2D eigenvalue weighted by atomic mass is 19.1. The summed E-state index contributed by atoms with van der Waals surface area (Å²) in [6, 6.07) is 5.70. The number of amides is 1. The molecular weight excluding hydrogens is 311 g/mol. The topological polar surface area (TPSA) is 61.8 Å². The zero-order valence-electron chi connectivity index (χ0n) is 14.2. The van der Waals surface area contributed by atoms with Gasteiger partial charge in [0.05, 0.1) is 13.2 Å². The molecule has 0 radical (unpaired) electrons. The zero-order valence-corrected chi connectivity index (χ0v) is 14.2. The van der Waals surface area contributed by atoms with Crippen molar-refractivity contribution in [3.63, 3.8) is 0 Å². The first-order valence-electron chi connectivity index (χ1n) is 8.61. The van der Waals surface area contributed by atoms with Gasteiger partial charge in [-0.2, -0.15) is 0 Å². The van der Waals surface area contributed by atoms with Gasteiger partial charge >= 0.3 is 0 Å². The van der Waals surface area contributed by atoms with Crippen LogP contribution in [0.3, 0.4) is 0 Å². The molecule has 1 aliphatic heterocycles. The number of hydrogen-bond acceptors (Lipinski definition) is 4. The van der Waals surface area contributed by atoms with Gasteiger partial charge in [-0.1, -0.05) is 25.5 Å². The smallest absolute Gasteiger partial charge is 0.241 e. The summed E-state index contributed by atoms with van der Waals surface area (Å²) < 4.78 is 19.0. The normalized spacial score (nSPS) is 18.1. The molecule has 24 heavy (non-hydrogen) atoms. The van der Waals surface area contributed by atoms with E-state index in [-0.39, 0.29) is 24.2 Å². The summed E-state index contributed by atoms with van der Waals surface area (Å²) in [5.74, 6) is -0.221. The van der Waals surface area contributed by atoms with E-state index >= 15 is 0 Å². The van der Waals surface area contributed by atoms with Crippen LogP contribution in [0.15, 0.2) is 24.3 Å². The minimum atomic E-state index is -0.517. The van der Waals surface area contributed by atoms with Gasteiger partial charge in [-0.25, -0.2) is 4.39 Å². The lowest BCUT2D eigenvalue weighted by atomic mass is 10.0. The molecule has 0 bridgehead atoms. The van der Waals surface area contributed by atoms with Crippen LogP contribution in [0, 0.1) is 11.7 Å². The number of halogens is 1. The number of hydrogen-bond donors (Lipinski definition) is 2. The van der Waals surface area contributed by atoms with Gasteiger partial charge in [0, 0.05) is 26.2 Å². The Labute approximate surface area is 142 Å². The summed E-state index contributed by atoms with van der Waals surface area (Å²) in [4.78, 5) is 14.8. The second-order valence-electron chi connectivity index (χ2n) is 6.14. The first kappa shape index (κ1) is 18.8. The maximum atomic E-state index is 13.6. The third kappa shape index (κ3) is 5.26. The maximum Gasteiger partial charge on any atom is 0.241 e. The van der Waals surface area contributed by atoms with Crippen molar-refractivity contribution in [1.82, 2.24) is 10.2 Å². The second kappa shape index (κ2) is 9.71. The molecule has 0 aromatic heterocycles. The van der Waals surface area contributed by atoms with Crippen LogP contribution in [0.2, 0.25) is 0 Å². The fourth-order valence-corrected chi connectivity index (χ4v) is 3.02. The Morgan fingerprint density at radius 1 is 1.42 bits per heavy atom. The number of morpholine rings is 1. The number of carbonyl (C=O) groups excluding carboxylic acids is 1. The Morgan fingerprint density at radius 2 is 2.17 bits per heavy atom. The first-order valence-corrected chi connectivity index (χ1v) is 8.61. The van der Waals surface area contributed by atoms with E-state index < -0.39 is 6.04 Å². The van der Waals surface area contributed by atoms with Gasteiger partial charge in [0.1, 0.15) is 11.9 Å². The van der Waals surface area contributed by atoms with Crippen LogP contribution in [0.25, 0.3) is 0 Å². The van der Waals surface area contributed by atoms with E-state index in [2.05, 4.69) is 5.32 Å². The molecule has 6 heteroatoms. The molecular formula is C18H27FN2O3. The molecule has 0 aliphatic carbocycles. The number of ether oxygens (including phenoxy) is 1. The molecule has 1 saturated heterocycles. The number of aliphatic hydroxyl groups excluding tert-OH is 1. The highest BCUT2D eigenvalue weighted by Gasteiger charge is 2.29. The molecule has 1 aromatic carbocycles. The zero-order chi connectivity index (χ0) is 17.4. The molecule has 0 saturated carbocycles. The van der Waals surface area contributed by atoms with Crippen molar-refractivity contribution >= 4 is 5.91 Å². The van der Waals surface area contributed by atoms with Gasteiger partial charge in [-0.3, -0.25) is 9.69 Å². The van der Waals surface area contributed by atoms with Gasteiger partial charge in [0.25, 0.3) is 0 Å². The molecule has 0 spiro atoms. The monoisotopic (exact) mass is 338 g/mol. The molecule has 2 rings (SSSR count). The van der Waals surface area contributed by atoms with Gasteiger partial charge in [-0.05, 0) is 30.0 Å². The largest absolute Gasteiger partial charge is 0.396 e. The lowest BCUT2D eigenvalue weighted by Crippen LogP contribution is -2.46. The average Bonchev–Trinajstić information content (AvgIpc) is 2.60. The van der Waals surface area contributed by atoms with Crippen LogP contribution in [-0.4, -0.2) is 55.4 Å². The van der Waals surface area contributed by atoms with Gasteiger partial charge in [-0.15, -0.1) is 0 Å². The van der Waals surface area contributed by atoms with Crippen molar-refractivity contribution in [2.24, 2.45) is 5.92 Å². The summed E-state index contributed by atoms with van der Waals surface area (Å²) >= 11 is 0. The first-order chi connectivity index (χ1) is 11.7. The van der Waals surface area contributed by atoms with Crippen LogP contribution in [0.5, 0.6) is 0 Å². The van der Waals surface area contributed by atoms with Crippen molar-refractivity contribution in [1.29, 1.82) is 0 Å². The Kier molecular flexibility index (Phi) is 7.62. The highest BCUT2D eigenvalue weighted by molar-refractivity contribution is 5.83. The molecule has 1 fully saturated rings. The fraction of sp³-hybridized carbons (Fsp3) is 0.611. The Hall–Kier alpha value is -1.50. The van der Waals surface area contributed by atoms with Crippen LogP contribution in [0.4, 0.5) is 4.39 Å². The predicted octanol–water partition coefficient (Wildman–Crippen LogP) is 1.72. The molecule has 2 atom stereocenters. The number of benzene rings is 1. The number of nitrogens with zero attached hydrogens (tertiary/aromatic N) is 1. The van der Waals surface area contributed by atoms with Gasteiger partial charge < -0.3 is 15.2 Å². The van der Waals surface area contributed by atoms with Crippen LogP contribution in [-0.2, 0) is 9.53 Å². The molecule has 1 amide bonds. The maximum absolute atomic E-state index is 13.6. The van der Waals surface area contributed by atoms with Crippen molar-refractivity contribution in [2.75, 3.05) is 39.5 Å². The number of rotatable bonds is 8. The van der Waals surface area contributed by atoms with Crippen molar-refractivity contribution in [3.8, 4) is 0 Å². The molecule has 134 valence electrons. The Morgan fingerprint density at radius 3 is 2.79 bits per heavy atom. The number of aliphatic hydroxyl groups is 1. The summed E-state index contributed by atoms with van der Waals surface area (Å²) in [6.45, 7) is 5.10. The van der Waals surface area contributed by atoms with Crippen molar-refractivity contribution in [3.05, 3.63) is 35.6 Å². The second-order valence-corrected chi connectivity index (χ2v) is 6.14. The van der Waals surface area contributed by atoms with Gasteiger partial charge in [0.15, 0.2) is 0 Å². The lowest BCUT2D eigenvalue weighted by Gasteiger charge is -2.34. The minimum Gasteiger partial charge on any atom is -0.396 e. The molecule has 2 N–H and O–H groups in total. The average molecular weight is 338 g/mol. The summed E-state index contributed by atoms with van der Waals surface area (Å²) in [5, 5.41) is 12.1. The molecule has 0 unspecified atom stereocenters. The molecule has 5 nitrogen and oxygen atoms in total. The third-order valence-electron chi connectivity index (χ3n) is 4.50. The van der Waals surface area contributed by atoms with E-state index in [1.807, 2.05) is 11.8 Å². The predicted molar refractivity (Wildman–Crippen MR) is 90.0 cm³/mol. The standard InChI is InChI=1S/C18H27FN2O3/c1-2-14(6-9-22)13-20-18(23)17(21-7-10-24-11-8-21)15-4-3-5-16(19)12-15/h3-5,12,14,17,22H,2,6-11,13H2,1H3,(H,20,23)/t14-,17-/m0/s1. The lowest BCUT2D eigenvalue weighted by molar-refractivity contribution is -0.128. The summed E-state index contributed by atoms with van der Waals surface area (Å²) in [7, 11) is 0. The van der Waals surface area contributed by atoms with E-state index in [9.17, 15) is 9.18 Å². The Bertz CT molecular complexity index is 521. The van der Waals surface area contributed by atoms with Gasteiger partial charge in [0.2, 0.25) is 5.91 Å². The SMILES string of the molecule is CC[C@@H](CCO)CNC(=O)[C@H](c1cccc(F)c1)N1CCOCC1. The molecule has 1 aromatic rings. The van der Waals surface area contributed by atoms with Crippen molar-refractivity contribution < 1.29 is 19.0 Å². The molecule has 1 aliphatic rings.